The molecule has 0 aliphatic carbocycles. The van der Waals surface area contributed by atoms with Crippen molar-refractivity contribution in [1.29, 1.82) is 0 Å². The molecule has 4 rings (SSSR count). The minimum atomic E-state index is -4.61. The van der Waals surface area contributed by atoms with Gasteiger partial charge in [0.05, 0.1) is 11.1 Å². The first-order chi connectivity index (χ1) is 18.5. The molecular weight excluding hydrogens is 510 g/mol. The Morgan fingerprint density at radius 3 is 2.36 bits per heavy atom. The summed E-state index contributed by atoms with van der Waals surface area (Å²) in [4.78, 5) is 31.7. The van der Waals surface area contributed by atoms with Crippen LogP contribution in [0.25, 0.3) is 0 Å². The normalized spacial score (nSPS) is 14.2. The van der Waals surface area contributed by atoms with Crippen molar-refractivity contribution in [3.63, 3.8) is 0 Å². The van der Waals surface area contributed by atoms with Crippen molar-refractivity contribution in [2.75, 3.05) is 36.4 Å². The quantitative estimate of drug-likeness (QED) is 0.378. The molecule has 0 saturated carbocycles. The van der Waals surface area contributed by atoms with Crippen LogP contribution in [-0.4, -0.2) is 59.9 Å². The van der Waals surface area contributed by atoms with Crippen LogP contribution in [0.1, 0.15) is 37.4 Å². The molecule has 2 aromatic carbocycles. The number of hydrogen-bond acceptors (Lipinski definition) is 6. The van der Waals surface area contributed by atoms with E-state index in [-0.39, 0.29) is 11.4 Å². The number of carbonyl (C=O) groups is 2. The van der Waals surface area contributed by atoms with E-state index in [4.69, 9.17) is 5.73 Å². The van der Waals surface area contributed by atoms with Crippen molar-refractivity contribution < 1.29 is 27.8 Å². The third kappa shape index (κ3) is 7.15. The lowest BCUT2D eigenvalue weighted by Gasteiger charge is -2.37. The van der Waals surface area contributed by atoms with Gasteiger partial charge in [-0.05, 0) is 67.2 Å². The lowest BCUT2D eigenvalue weighted by molar-refractivity contribution is -0.137. The third-order valence-corrected chi connectivity index (χ3v) is 6.71. The number of pyridine rings is 1. The number of rotatable bonds is 8. The third-order valence-electron chi connectivity index (χ3n) is 6.71. The van der Waals surface area contributed by atoms with Gasteiger partial charge >= 0.3 is 13.2 Å². The van der Waals surface area contributed by atoms with Gasteiger partial charge in [0.15, 0.2) is 0 Å². The van der Waals surface area contributed by atoms with Crippen LogP contribution < -0.4 is 16.0 Å². The highest BCUT2D eigenvalue weighted by atomic mass is 19.4. The molecule has 8 nitrogen and oxygen atoms in total. The lowest BCUT2D eigenvalue weighted by Crippen LogP contribution is -2.51. The molecule has 1 saturated heterocycles. The number of alkyl halides is 3. The minimum Gasteiger partial charge on any atom is -0.437 e. The van der Waals surface area contributed by atoms with Gasteiger partial charge in [-0.3, -0.25) is 14.6 Å². The van der Waals surface area contributed by atoms with Crippen molar-refractivity contribution >= 4 is 30.2 Å². The minimum absolute atomic E-state index is 0.0402. The van der Waals surface area contributed by atoms with Gasteiger partial charge in [0.2, 0.25) is 5.91 Å². The molecule has 0 radical (unpaired) electrons. The Labute approximate surface area is 224 Å². The maximum Gasteiger partial charge on any atom is 0.418 e. The number of amides is 2. The van der Waals surface area contributed by atoms with E-state index < -0.39 is 30.6 Å². The van der Waals surface area contributed by atoms with Gasteiger partial charge in [0, 0.05) is 55.5 Å². The summed E-state index contributed by atoms with van der Waals surface area (Å²) >= 11 is 0. The molecule has 1 fully saturated rings. The summed E-state index contributed by atoms with van der Waals surface area (Å²) in [7, 11) is -0.657. The molecule has 2 amide bonds. The predicted octanol–water partition coefficient (Wildman–Crippen LogP) is 3.47. The van der Waals surface area contributed by atoms with Crippen LogP contribution in [0.2, 0.25) is 6.82 Å². The van der Waals surface area contributed by atoms with Gasteiger partial charge in [-0.1, -0.05) is 12.1 Å². The Bertz CT molecular complexity index is 1340. The Morgan fingerprint density at radius 1 is 1.00 bits per heavy atom. The number of nitrogens with one attached hydrogen (secondary N) is 1. The molecule has 0 unspecified atom stereocenters. The number of nitrogens with zero attached hydrogens (tertiary/aromatic N) is 3. The van der Waals surface area contributed by atoms with Gasteiger partial charge in [-0.2, -0.15) is 13.2 Å². The second kappa shape index (κ2) is 11.9. The molecule has 4 N–H and O–H groups in total. The number of piperazine rings is 1. The van der Waals surface area contributed by atoms with Crippen LogP contribution in [0.15, 0.2) is 60.9 Å². The summed E-state index contributed by atoms with van der Waals surface area (Å²) in [6, 6.07) is 12.3. The van der Waals surface area contributed by atoms with Crippen LogP contribution in [0.4, 0.5) is 24.5 Å². The zero-order valence-electron chi connectivity index (χ0n) is 21.4. The lowest BCUT2D eigenvalue weighted by atomic mass is 9.84. The molecule has 1 aromatic heterocycles. The fraction of sp³-hybridized carbons (Fsp3) is 0.296. The topological polar surface area (TPSA) is 112 Å². The summed E-state index contributed by atoms with van der Waals surface area (Å²) < 4.78 is 41.9. The molecule has 1 aliphatic heterocycles. The number of aromatic nitrogens is 1. The van der Waals surface area contributed by atoms with E-state index in [0.29, 0.717) is 50.1 Å². The van der Waals surface area contributed by atoms with Gasteiger partial charge < -0.3 is 25.8 Å². The van der Waals surface area contributed by atoms with E-state index >= 15 is 0 Å². The molecule has 0 atom stereocenters. The van der Waals surface area contributed by atoms with Crippen LogP contribution in [0, 0.1) is 0 Å². The summed E-state index contributed by atoms with van der Waals surface area (Å²) in [5.41, 5.74) is 6.84. The molecular formula is C27H29BF3N5O3. The molecule has 2 heterocycles. The molecule has 3 aromatic rings. The number of benzene rings is 2. The van der Waals surface area contributed by atoms with Crippen molar-refractivity contribution in [2.45, 2.75) is 25.8 Å². The average molecular weight is 539 g/mol. The van der Waals surface area contributed by atoms with E-state index in [1.54, 1.807) is 47.0 Å². The molecule has 39 heavy (non-hydrogen) atoms. The standard InChI is InChI=1S/C27H29BF3N5O3/c1-28(39)36-11-9-35(10-12-36)24-8-7-22(15-23(24)27(29,30)31)34-26(38)20-4-2-3-18(13-20)5-6-19-14-21(25(32)37)17-33-16-19/h2-4,7-8,13-17,39H,5-6,9-12H2,1H3,(H2,32,37)(H,34,38). The van der Waals surface area contributed by atoms with Crippen molar-refractivity contribution in [3.8, 4) is 0 Å². The average Bonchev–Trinajstić information content (AvgIpc) is 2.92. The second-order valence-electron chi connectivity index (χ2n) is 9.49. The number of halogens is 3. The van der Waals surface area contributed by atoms with Crippen molar-refractivity contribution in [2.24, 2.45) is 5.73 Å². The number of hydrogen-bond donors (Lipinski definition) is 3. The Kier molecular flexibility index (Phi) is 8.56. The molecule has 12 heteroatoms. The Morgan fingerprint density at radius 2 is 1.69 bits per heavy atom. The van der Waals surface area contributed by atoms with Crippen LogP contribution in [-0.2, 0) is 19.0 Å². The molecule has 0 spiro atoms. The molecule has 204 valence electrons. The maximum atomic E-state index is 14.0. The highest BCUT2D eigenvalue weighted by Gasteiger charge is 2.36. The zero-order chi connectivity index (χ0) is 28.2. The first kappa shape index (κ1) is 28.1. The SMILES string of the molecule is CB(O)N1CCN(c2ccc(NC(=O)c3cccc(CCc4cncc(C(N)=O)c4)c3)cc2C(F)(F)F)CC1. The number of carbonyl (C=O) groups excluding carboxylic acids is 2. The Balaban J connectivity index is 1.46. The summed E-state index contributed by atoms with van der Waals surface area (Å²) in [5.74, 6) is -1.09. The zero-order valence-corrected chi connectivity index (χ0v) is 21.4. The smallest absolute Gasteiger partial charge is 0.418 e. The van der Waals surface area contributed by atoms with E-state index in [2.05, 4.69) is 10.3 Å². The molecule has 0 bridgehead atoms. The highest BCUT2D eigenvalue weighted by molar-refractivity contribution is 6.45. The first-order valence-electron chi connectivity index (χ1n) is 12.5. The van der Waals surface area contributed by atoms with Crippen molar-refractivity contribution in [3.05, 3.63) is 88.7 Å². The fourth-order valence-electron chi connectivity index (χ4n) is 4.57. The van der Waals surface area contributed by atoms with Crippen molar-refractivity contribution in [1.82, 2.24) is 9.79 Å². The number of anilines is 2. The fourth-order valence-corrected chi connectivity index (χ4v) is 4.57. The van der Waals surface area contributed by atoms with Crippen LogP contribution >= 0.6 is 0 Å². The monoisotopic (exact) mass is 539 g/mol. The van der Waals surface area contributed by atoms with E-state index in [1.807, 2.05) is 6.07 Å². The highest BCUT2D eigenvalue weighted by Crippen LogP contribution is 2.38. The predicted molar refractivity (Wildman–Crippen MR) is 144 cm³/mol. The first-order valence-corrected chi connectivity index (χ1v) is 12.5. The van der Waals surface area contributed by atoms with Gasteiger partial charge in [0.25, 0.3) is 5.91 Å². The largest absolute Gasteiger partial charge is 0.437 e. The summed E-state index contributed by atoms with van der Waals surface area (Å²) in [6.45, 7) is 3.20. The van der Waals surface area contributed by atoms with Crippen LogP contribution in [0.3, 0.4) is 0 Å². The van der Waals surface area contributed by atoms with Gasteiger partial charge in [-0.25, -0.2) is 0 Å². The van der Waals surface area contributed by atoms with Gasteiger partial charge in [0.1, 0.15) is 0 Å². The van der Waals surface area contributed by atoms with Crippen LogP contribution in [0.5, 0.6) is 0 Å². The van der Waals surface area contributed by atoms with E-state index in [9.17, 15) is 27.8 Å². The molecule has 1 aliphatic rings. The van der Waals surface area contributed by atoms with E-state index in [1.165, 1.54) is 18.3 Å². The number of primary amides is 1. The maximum absolute atomic E-state index is 14.0. The second-order valence-corrected chi connectivity index (χ2v) is 9.49. The summed E-state index contributed by atoms with van der Waals surface area (Å²) in [5, 5.41) is 12.3. The summed E-state index contributed by atoms with van der Waals surface area (Å²) in [6.07, 6.45) is -0.470. The number of aryl methyl sites for hydroxylation is 2. The van der Waals surface area contributed by atoms with E-state index in [0.717, 1.165) is 17.2 Å². The van der Waals surface area contributed by atoms with Gasteiger partial charge in [-0.15, -0.1) is 0 Å². The Hall–Kier alpha value is -3.90. The number of nitrogens with two attached hydrogens (primary N) is 1.